The number of para-hydroxylation sites is 4. The van der Waals surface area contributed by atoms with Crippen LogP contribution in [0.1, 0.15) is 0 Å². The number of hydrogen-bond acceptors (Lipinski definition) is 0. The maximum atomic E-state index is 3.38. The first-order valence-electron chi connectivity index (χ1n) is 10.4. The second kappa shape index (κ2) is 10.1. The van der Waals surface area contributed by atoms with Gasteiger partial charge in [0, 0.05) is 56.0 Å². The number of rotatable bonds is 0. The molecule has 4 aromatic carbocycles. The molecule has 0 aliphatic heterocycles. The van der Waals surface area contributed by atoms with Gasteiger partial charge in [0.25, 0.3) is 0 Å². The normalized spacial score (nSPS) is 10.2. The fourth-order valence-corrected chi connectivity index (χ4v) is 3.88. The minimum Gasteiger partial charge on any atom is -0.368 e. The van der Waals surface area contributed by atoms with E-state index in [1.165, 1.54) is 43.6 Å². The Morgan fingerprint density at radius 3 is 0.875 bits per heavy atom. The standard InChI is InChI=1S/2C12H9N.C4H5N.Ga.3H/c2*1-3-7-11-9(5-1)10-6-2-4-8-12(10)13-11;1-2-4-5-3-1;;;;/h2*1-8,13H;1-5H;;;;. The van der Waals surface area contributed by atoms with Gasteiger partial charge >= 0.3 is 19.8 Å². The number of nitrogens with one attached hydrogen (secondary N) is 3. The third-order valence-electron chi connectivity index (χ3n) is 5.32. The fourth-order valence-electron chi connectivity index (χ4n) is 3.88. The second-order valence-corrected chi connectivity index (χ2v) is 7.32. The van der Waals surface area contributed by atoms with Crippen LogP contribution in [0.5, 0.6) is 0 Å². The van der Waals surface area contributed by atoms with E-state index in [0.29, 0.717) is 0 Å². The van der Waals surface area contributed by atoms with Crippen molar-refractivity contribution in [1.29, 1.82) is 0 Å². The van der Waals surface area contributed by atoms with E-state index in [1.807, 2.05) is 24.5 Å². The van der Waals surface area contributed by atoms with Gasteiger partial charge in [0.2, 0.25) is 0 Å². The molecule has 7 rings (SSSR count). The molecule has 0 unspecified atom stereocenters. The number of H-pyrrole nitrogens is 3. The van der Waals surface area contributed by atoms with Crippen LogP contribution in [-0.2, 0) is 0 Å². The molecule has 0 atom stereocenters. The first kappa shape index (κ1) is 21.6. The number of hydrogen-bond donors (Lipinski definition) is 3. The Balaban J connectivity index is 0.000000123. The fraction of sp³-hybridized carbons (Fsp3) is 0. The van der Waals surface area contributed by atoms with Gasteiger partial charge in [-0.2, -0.15) is 0 Å². The zero-order valence-electron chi connectivity index (χ0n) is 17.0. The van der Waals surface area contributed by atoms with Gasteiger partial charge in [0.1, 0.15) is 0 Å². The van der Waals surface area contributed by atoms with Gasteiger partial charge in [0.15, 0.2) is 0 Å². The van der Waals surface area contributed by atoms with Crippen molar-refractivity contribution in [3.05, 3.63) is 122 Å². The van der Waals surface area contributed by atoms with Crippen LogP contribution < -0.4 is 0 Å². The minimum absolute atomic E-state index is 0. The topological polar surface area (TPSA) is 47.4 Å². The van der Waals surface area contributed by atoms with E-state index in [4.69, 9.17) is 0 Å². The van der Waals surface area contributed by atoms with Gasteiger partial charge in [-0.25, -0.2) is 0 Å². The Kier molecular flexibility index (Phi) is 6.85. The second-order valence-electron chi connectivity index (χ2n) is 7.32. The Bertz CT molecular complexity index is 1320. The third kappa shape index (κ3) is 4.52. The van der Waals surface area contributed by atoms with Crippen molar-refractivity contribution in [2.45, 2.75) is 0 Å². The molecule has 0 saturated carbocycles. The number of aromatic nitrogens is 3. The summed E-state index contributed by atoms with van der Waals surface area (Å²) < 4.78 is 0. The summed E-state index contributed by atoms with van der Waals surface area (Å²) in [4.78, 5) is 9.62. The van der Waals surface area contributed by atoms with Gasteiger partial charge < -0.3 is 15.0 Å². The molecule has 0 spiro atoms. The average molecular weight is 474 g/mol. The van der Waals surface area contributed by atoms with Gasteiger partial charge in [-0.05, 0) is 36.4 Å². The van der Waals surface area contributed by atoms with Crippen LogP contribution in [0.4, 0.5) is 0 Å². The van der Waals surface area contributed by atoms with Crippen molar-refractivity contribution >= 4 is 63.4 Å². The predicted octanol–water partition coefficient (Wildman–Crippen LogP) is 6.47. The van der Waals surface area contributed by atoms with E-state index >= 15 is 0 Å². The van der Waals surface area contributed by atoms with Gasteiger partial charge in [-0.15, -0.1) is 0 Å². The molecule has 3 heterocycles. The van der Waals surface area contributed by atoms with Crippen molar-refractivity contribution in [3.63, 3.8) is 0 Å². The van der Waals surface area contributed by atoms with E-state index < -0.39 is 0 Å². The van der Waals surface area contributed by atoms with Crippen LogP contribution in [0.2, 0.25) is 0 Å². The Morgan fingerprint density at radius 2 is 0.625 bits per heavy atom. The van der Waals surface area contributed by atoms with Crippen LogP contribution in [0, 0.1) is 0 Å². The zero-order valence-corrected chi connectivity index (χ0v) is 17.0. The van der Waals surface area contributed by atoms with Crippen LogP contribution in [0.15, 0.2) is 122 Å². The molecule has 3 nitrogen and oxygen atoms in total. The minimum atomic E-state index is 0. The molecule has 0 amide bonds. The smallest absolute Gasteiger partial charge is 0.0464 e. The summed E-state index contributed by atoms with van der Waals surface area (Å²) in [6.45, 7) is 0. The predicted molar refractivity (Wildman–Crippen MR) is 142 cm³/mol. The zero-order chi connectivity index (χ0) is 20.9. The van der Waals surface area contributed by atoms with Crippen LogP contribution in [0.3, 0.4) is 0 Å². The van der Waals surface area contributed by atoms with E-state index in [9.17, 15) is 0 Å². The molecule has 32 heavy (non-hydrogen) atoms. The van der Waals surface area contributed by atoms with Gasteiger partial charge in [-0.1, -0.05) is 72.8 Å². The summed E-state index contributed by atoms with van der Waals surface area (Å²) in [5.41, 5.74) is 4.85. The molecule has 0 radical (unpaired) electrons. The van der Waals surface area contributed by atoms with E-state index in [0.717, 1.165) is 0 Å². The summed E-state index contributed by atoms with van der Waals surface area (Å²) in [6, 6.07) is 37.4. The Morgan fingerprint density at radius 1 is 0.344 bits per heavy atom. The summed E-state index contributed by atoms with van der Waals surface area (Å²) in [6.07, 6.45) is 3.75. The van der Waals surface area contributed by atoms with Crippen LogP contribution >= 0.6 is 0 Å². The molecular weight excluding hydrogens is 448 g/mol. The molecule has 0 bridgehead atoms. The summed E-state index contributed by atoms with van der Waals surface area (Å²) in [7, 11) is 0. The van der Waals surface area contributed by atoms with Crippen molar-refractivity contribution in [3.8, 4) is 0 Å². The van der Waals surface area contributed by atoms with Gasteiger partial charge in [0.05, 0.1) is 0 Å². The quantitative estimate of drug-likeness (QED) is 0.211. The van der Waals surface area contributed by atoms with E-state index in [2.05, 4.69) is 112 Å². The van der Waals surface area contributed by atoms with Crippen LogP contribution in [0.25, 0.3) is 43.6 Å². The SMILES string of the molecule is [GaH3].c1cc[nH]c1.c1ccc2c(c1)[nH]c1ccccc12.c1ccc2c(c1)[nH]c1ccccc12. The Labute approximate surface area is 199 Å². The molecule has 0 saturated heterocycles. The molecule has 3 aromatic heterocycles. The maximum absolute atomic E-state index is 3.38. The van der Waals surface area contributed by atoms with Gasteiger partial charge in [-0.3, -0.25) is 0 Å². The number of aromatic amines is 3. The van der Waals surface area contributed by atoms with E-state index in [-0.39, 0.29) is 19.8 Å². The molecule has 0 fully saturated rings. The molecule has 3 N–H and O–H groups in total. The first-order chi connectivity index (χ1) is 15.4. The third-order valence-corrected chi connectivity index (χ3v) is 5.32. The summed E-state index contributed by atoms with van der Waals surface area (Å²) in [5.74, 6) is 0. The maximum Gasteiger partial charge on any atom is 0.0464 e. The molecule has 0 aliphatic rings. The molecule has 0 aliphatic carbocycles. The first-order valence-corrected chi connectivity index (χ1v) is 10.4. The molecule has 7 aromatic rings. The summed E-state index contributed by atoms with van der Waals surface area (Å²) in [5, 5.41) is 5.22. The monoisotopic (exact) mass is 473 g/mol. The van der Waals surface area contributed by atoms with E-state index in [1.54, 1.807) is 0 Å². The van der Waals surface area contributed by atoms with Crippen molar-refractivity contribution in [2.24, 2.45) is 0 Å². The number of benzene rings is 4. The molecule has 4 heteroatoms. The van der Waals surface area contributed by atoms with Crippen molar-refractivity contribution in [2.75, 3.05) is 0 Å². The van der Waals surface area contributed by atoms with Crippen LogP contribution in [-0.4, -0.2) is 34.7 Å². The number of fused-ring (bicyclic) bond motifs is 6. The molecular formula is C28H26GaN3. The Hall–Kier alpha value is -3.60. The average Bonchev–Trinajstić information content (AvgIpc) is 3.59. The molecule has 156 valence electrons. The van der Waals surface area contributed by atoms with Crippen molar-refractivity contribution < 1.29 is 0 Å². The van der Waals surface area contributed by atoms with Crippen molar-refractivity contribution in [1.82, 2.24) is 15.0 Å². The summed E-state index contributed by atoms with van der Waals surface area (Å²) >= 11 is 0. The largest absolute Gasteiger partial charge is 0.368 e.